The van der Waals surface area contributed by atoms with E-state index in [1.807, 2.05) is 7.05 Å². The molecule has 0 aromatic heterocycles. The van der Waals surface area contributed by atoms with E-state index in [0.717, 1.165) is 34.4 Å². The minimum Gasteiger partial charge on any atom is -0.381 e. The molecule has 0 radical (unpaired) electrons. The molecule has 0 aliphatic rings. The van der Waals surface area contributed by atoms with Crippen LogP contribution in [0.2, 0.25) is 0 Å². The fraction of sp³-hybridized carbons (Fsp3) is 0.692. The summed E-state index contributed by atoms with van der Waals surface area (Å²) in [6.07, 6.45) is 0. The van der Waals surface area contributed by atoms with E-state index in [-0.39, 0.29) is 5.41 Å². The lowest BCUT2D eigenvalue weighted by Gasteiger charge is -2.26. The predicted molar refractivity (Wildman–Crippen MR) is 82.4 cm³/mol. The summed E-state index contributed by atoms with van der Waals surface area (Å²) in [6, 6.07) is 0. The number of ether oxygens (including phenoxy) is 1. The molecular formula is C13H22N2OS2. The van der Waals surface area contributed by atoms with Gasteiger partial charge in [0.1, 0.15) is 0 Å². The van der Waals surface area contributed by atoms with E-state index in [0.29, 0.717) is 6.61 Å². The summed E-state index contributed by atoms with van der Waals surface area (Å²) in [5, 5.41) is 6.38. The third-order valence-electron chi connectivity index (χ3n) is 2.70. The van der Waals surface area contributed by atoms with Gasteiger partial charge in [-0.25, -0.2) is 0 Å². The van der Waals surface area contributed by atoms with Gasteiger partial charge < -0.3 is 15.4 Å². The average molecular weight is 286 g/mol. The molecule has 0 unspecified atom stereocenters. The largest absolute Gasteiger partial charge is 0.381 e. The van der Waals surface area contributed by atoms with Crippen molar-refractivity contribution in [2.45, 2.75) is 26.2 Å². The Hall–Kier alpha value is -0.360. The van der Waals surface area contributed by atoms with Gasteiger partial charge in [0.2, 0.25) is 0 Å². The summed E-state index contributed by atoms with van der Waals surface area (Å²) >= 11 is 10.6. The van der Waals surface area contributed by atoms with E-state index < -0.39 is 0 Å². The summed E-state index contributed by atoms with van der Waals surface area (Å²) in [4.78, 5) is 0. The van der Waals surface area contributed by atoms with E-state index in [1.165, 1.54) is 5.56 Å². The fourth-order valence-electron chi connectivity index (χ4n) is 1.80. The van der Waals surface area contributed by atoms with Crippen LogP contribution in [0.3, 0.4) is 0 Å². The molecule has 1 rings (SSSR count). The Morgan fingerprint density at radius 2 is 1.67 bits per heavy atom. The molecule has 18 heavy (non-hydrogen) atoms. The van der Waals surface area contributed by atoms with E-state index in [9.17, 15) is 0 Å². The molecule has 0 bridgehead atoms. The molecule has 0 fully saturated rings. The Labute approximate surface area is 120 Å². The zero-order chi connectivity index (χ0) is 13.8. The predicted octanol–water partition coefficient (Wildman–Crippen LogP) is 2.97. The van der Waals surface area contributed by atoms with Crippen molar-refractivity contribution in [2.24, 2.45) is 0 Å². The monoisotopic (exact) mass is 286 g/mol. The highest BCUT2D eigenvalue weighted by atomic mass is 32.1. The molecule has 1 aromatic carbocycles. The topological polar surface area (TPSA) is 33.3 Å². The summed E-state index contributed by atoms with van der Waals surface area (Å²) < 4.78 is 7.09. The second kappa shape index (κ2) is 6.70. The Balaban J connectivity index is 2.47. The maximum Gasteiger partial charge on any atom is 0.0796 e. The molecule has 0 spiro atoms. The number of likely N-dealkylation sites (N-methyl/N-ethyl adjacent to an activating group) is 1. The first-order chi connectivity index (χ1) is 8.39. The standard InChI is InChI=1S/C13H22N2OS2/c1-13(2,3)9-10(12(18)11(9)17)15-6-8-16-7-5-14-4/h14-15H,5-8H2,1-4H3. The van der Waals surface area contributed by atoms with E-state index in [1.54, 1.807) is 0 Å². The molecule has 0 aliphatic carbocycles. The Morgan fingerprint density at radius 3 is 2.22 bits per heavy atom. The molecule has 0 amide bonds. The van der Waals surface area contributed by atoms with Crippen molar-refractivity contribution in [3.8, 4) is 0 Å². The van der Waals surface area contributed by atoms with Crippen molar-refractivity contribution in [1.82, 2.24) is 5.32 Å². The van der Waals surface area contributed by atoms with E-state index in [4.69, 9.17) is 29.2 Å². The summed E-state index contributed by atoms with van der Waals surface area (Å²) in [5.74, 6) is 0. The zero-order valence-electron chi connectivity index (χ0n) is 11.6. The van der Waals surface area contributed by atoms with Crippen LogP contribution in [-0.4, -0.2) is 33.4 Å². The van der Waals surface area contributed by atoms with Crippen LogP contribution in [0.25, 0.3) is 0 Å². The molecule has 102 valence electrons. The third kappa shape index (κ3) is 3.82. The van der Waals surface area contributed by atoms with Gasteiger partial charge in [-0.2, -0.15) is 0 Å². The van der Waals surface area contributed by atoms with Crippen LogP contribution in [0.5, 0.6) is 0 Å². The Bertz CT molecular complexity index is 456. The summed E-state index contributed by atoms with van der Waals surface area (Å²) in [6.45, 7) is 9.51. The van der Waals surface area contributed by atoms with Crippen LogP contribution in [0, 0.1) is 9.02 Å². The molecule has 1 aromatic rings. The summed E-state index contributed by atoms with van der Waals surface area (Å²) in [5.41, 5.74) is 2.27. The highest BCUT2D eigenvalue weighted by Gasteiger charge is 2.25. The van der Waals surface area contributed by atoms with Crippen molar-refractivity contribution in [1.29, 1.82) is 0 Å². The van der Waals surface area contributed by atoms with Crippen LogP contribution in [-0.2, 0) is 10.2 Å². The summed E-state index contributed by atoms with van der Waals surface area (Å²) in [7, 11) is 1.91. The average Bonchev–Trinajstić information content (AvgIpc) is 2.29. The third-order valence-corrected chi connectivity index (χ3v) is 3.65. The number of hydrogen-bond acceptors (Lipinski definition) is 5. The molecule has 0 aliphatic heterocycles. The van der Waals surface area contributed by atoms with Gasteiger partial charge >= 0.3 is 0 Å². The van der Waals surface area contributed by atoms with Gasteiger partial charge in [-0.15, -0.1) is 0 Å². The fourth-order valence-corrected chi connectivity index (χ4v) is 2.59. The minimum absolute atomic E-state index is 0.0503. The van der Waals surface area contributed by atoms with Gasteiger partial charge in [-0.3, -0.25) is 0 Å². The molecule has 0 atom stereocenters. The van der Waals surface area contributed by atoms with Gasteiger partial charge in [-0.1, -0.05) is 45.2 Å². The lowest BCUT2D eigenvalue weighted by molar-refractivity contribution is 0.147. The lowest BCUT2D eigenvalue weighted by atomic mass is 9.83. The Morgan fingerprint density at radius 1 is 1.06 bits per heavy atom. The maximum absolute atomic E-state index is 5.45. The molecule has 3 nitrogen and oxygen atoms in total. The second-order valence-corrected chi connectivity index (χ2v) is 6.12. The molecule has 5 heteroatoms. The number of anilines is 1. The number of rotatable bonds is 7. The van der Waals surface area contributed by atoms with Gasteiger partial charge in [0, 0.05) is 18.7 Å². The van der Waals surface area contributed by atoms with Gasteiger partial charge in [-0.05, 0) is 12.5 Å². The van der Waals surface area contributed by atoms with Gasteiger partial charge in [0.15, 0.2) is 0 Å². The number of hydrogen-bond donors (Lipinski definition) is 2. The lowest BCUT2D eigenvalue weighted by Crippen LogP contribution is -2.22. The van der Waals surface area contributed by atoms with Crippen molar-refractivity contribution in [2.75, 3.05) is 38.7 Å². The first-order valence-electron chi connectivity index (χ1n) is 6.19. The van der Waals surface area contributed by atoms with Gasteiger partial charge in [0.25, 0.3) is 0 Å². The second-order valence-electron chi connectivity index (χ2n) is 5.30. The van der Waals surface area contributed by atoms with Crippen molar-refractivity contribution >= 4 is 30.1 Å². The zero-order valence-corrected chi connectivity index (χ0v) is 13.2. The Kier molecular flexibility index (Phi) is 5.85. The van der Waals surface area contributed by atoms with Crippen LogP contribution in [0.15, 0.2) is 0 Å². The normalized spacial score (nSPS) is 12.0. The molecule has 0 saturated heterocycles. The van der Waals surface area contributed by atoms with Crippen molar-refractivity contribution < 1.29 is 4.74 Å². The van der Waals surface area contributed by atoms with Crippen LogP contribution in [0.1, 0.15) is 26.3 Å². The molecule has 2 N–H and O–H groups in total. The minimum atomic E-state index is 0.0503. The first-order valence-corrected chi connectivity index (χ1v) is 7.01. The highest BCUT2D eigenvalue weighted by Crippen LogP contribution is 2.36. The molecule has 0 saturated carbocycles. The van der Waals surface area contributed by atoms with Crippen LogP contribution in [0.4, 0.5) is 5.69 Å². The van der Waals surface area contributed by atoms with Crippen LogP contribution < -0.4 is 10.6 Å². The molecule has 0 heterocycles. The van der Waals surface area contributed by atoms with E-state index >= 15 is 0 Å². The van der Waals surface area contributed by atoms with Crippen LogP contribution >= 0.6 is 24.4 Å². The maximum atomic E-state index is 5.45. The SMILES string of the molecule is CNCCOCCNc1c(C(C)(C)C)c(=S)c1=S. The first kappa shape index (κ1) is 15.7. The van der Waals surface area contributed by atoms with Crippen molar-refractivity contribution in [3.63, 3.8) is 0 Å². The smallest absolute Gasteiger partial charge is 0.0796 e. The molecular weight excluding hydrogens is 264 g/mol. The number of nitrogens with one attached hydrogen (secondary N) is 2. The van der Waals surface area contributed by atoms with E-state index in [2.05, 4.69) is 31.4 Å². The quantitative estimate of drug-likeness (QED) is 0.595. The van der Waals surface area contributed by atoms with Crippen molar-refractivity contribution in [3.05, 3.63) is 14.6 Å². The highest BCUT2D eigenvalue weighted by molar-refractivity contribution is 7.74. The van der Waals surface area contributed by atoms with Gasteiger partial charge in [0.05, 0.1) is 27.9 Å².